The SMILES string of the molecule is CC1(C)OB(c2ccc3sc4c5ccccc5c(-c5ccccc5)c(-c5ccccc5)c4c3c2)OC1(C)C.CC1(C)OB(c2ccc3sc4c5ccccc5ccc4c3c2)OC1(C)C.CC1(C)OB(c2ccc3sc4cc(-c5ccccc5)c5ccccc5c4c3c2)OC1(C)C. The lowest BCUT2D eigenvalue weighted by Gasteiger charge is -2.32. The van der Waals surface area contributed by atoms with Crippen LogP contribution in [0.4, 0.5) is 0 Å². The Bertz CT molecular complexity index is 5490. The largest absolute Gasteiger partial charge is 0.494 e. The van der Waals surface area contributed by atoms with E-state index in [9.17, 15) is 0 Å². The van der Waals surface area contributed by atoms with Crippen molar-refractivity contribution in [2.24, 2.45) is 0 Å². The van der Waals surface area contributed by atoms with Gasteiger partial charge in [0.05, 0.1) is 33.6 Å². The highest BCUT2D eigenvalue weighted by Gasteiger charge is 2.54. The Morgan fingerprint density at radius 2 is 0.625 bits per heavy atom. The summed E-state index contributed by atoms with van der Waals surface area (Å²) in [6.07, 6.45) is 0. The van der Waals surface area contributed by atoms with Gasteiger partial charge < -0.3 is 27.9 Å². The molecular formula is C84H75B3O6S3. The van der Waals surface area contributed by atoms with Crippen molar-refractivity contribution in [2.45, 2.75) is 117 Å². The van der Waals surface area contributed by atoms with E-state index in [0.29, 0.717) is 0 Å². The van der Waals surface area contributed by atoms with E-state index in [4.69, 9.17) is 27.9 Å². The van der Waals surface area contributed by atoms with Crippen LogP contribution in [0.1, 0.15) is 83.1 Å². The van der Waals surface area contributed by atoms with Crippen LogP contribution in [0.15, 0.2) is 237 Å². The third kappa shape index (κ3) is 10.6. The second-order valence-electron chi connectivity index (χ2n) is 28.9. The van der Waals surface area contributed by atoms with E-state index < -0.39 is 7.12 Å². The van der Waals surface area contributed by atoms with Crippen LogP contribution in [0.2, 0.25) is 0 Å². The first-order valence-electron chi connectivity index (χ1n) is 33.4. The van der Waals surface area contributed by atoms with Gasteiger partial charge in [-0.3, -0.25) is 0 Å². The minimum Gasteiger partial charge on any atom is -0.399 e. The smallest absolute Gasteiger partial charge is 0.399 e. The van der Waals surface area contributed by atoms with E-state index in [-0.39, 0.29) is 47.8 Å². The molecule has 15 aromatic rings. The van der Waals surface area contributed by atoms with Crippen LogP contribution >= 0.6 is 34.0 Å². The molecule has 18 rings (SSSR count). The molecule has 0 atom stereocenters. The summed E-state index contributed by atoms with van der Waals surface area (Å²) in [6, 6.07) is 85.2. The summed E-state index contributed by atoms with van der Waals surface area (Å²) in [4.78, 5) is 0. The molecule has 0 aliphatic carbocycles. The maximum Gasteiger partial charge on any atom is 0.494 e. The highest BCUT2D eigenvalue weighted by Crippen LogP contribution is 2.51. The van der Waals surface area contributed by atoms with Gasteiger partial charge in [0.15, 0.2) is 0 Å². The Kier molecular flexibility index (Phi) is 15.3. The number of hydrogen-bond acceptors (Lipinski definition) is 9. The zero-order valence-corrected chi connectivity index (χ0v) is 58.9. The third-order valence-electron chi connectivity index (χ3n) is 21.3. The van der Waals surface area contributed by atoms with Gasteiger partial charge in [-0.1, -0.05) is 212 Å². The van der Waals surface area contributed by atoms with E-state index in [1.807, 2.05) is 34.0 Å². The normalized spacial score (nSPS) is 17.6. The molecule has 6 nitrogen and oxygen atoms in total. The van der Waals surface area contributed by atoms with Crippen LogP contribution in [-0.2, 0) is 27.9 Å². The number of rotatable bonds is 6. The Balaban J connectivity index is 0.000000115. The number of hydrogen-bond donors (Lipinski definition) is 0. The summed E-state index contributed by atoms with van der Waals surface area (Å²) in [5.41, 5.74) is 8.68. The van der Waals surface area contributed by atoms with E-state index in [1.165, 1.54) is 126 Å². The lowest BCUT2D eigenvalue weighted by molar-refractivity contribution is 0.00578. The Morgan fingerprint density at radius 3 is 1.15 bits per heavy atom. The summed E-state index contributed by atoms with van der Waals surface area (Å²) < 4.78 is 45.9. The highest BCUT2D eigenvalue weighted by atomic mass is 32.1. The molecule has 0 unspecified atom stereocenters. The fraction of sp³-hybridized carbons (Fsp3) is 0.214. The topological polar surface area (TPSA) is 55.4 Å². The predicted molar refractivity (Wildman–Crippen MR) is 414 cm³/mol. The van der Waals surface area contributed by atoms with Gasteiger partial charge in [0.2, 0.25) is 0 Å². The van der Waals surface area contributed by atoms with Crippen LogP contribution in [0.25, 0.3) is 126 Å². The van der Waals surface area contributed by atoms with Crippen LogP contribution in [-0.4, -0.2) is 55.0 Å². The standard InChI is InChI=1S/C34H29BO2S.C28H25BO2S.C22H21BO2S/c1-33(2)34(3,4)37-35(36-33)24-19-20-28-27(21-24)31-30(23-15-9-6-10-16-23)29(22-13-7-5-8-14-22)25-17-11-12-18-26(25)32(31)38-28;1-27(2)28(3,4)31-29(30-27)19-14-15-24-23(16-19)26-21-13-9-8-12-20(21)22(17-25(26)32-24)18-10-6-5-7-11-18;1-21(2)22(3,4)25-23(24-21)15-10-12-19-18(13-15)17-11-9-14-7-5-6-8-16(14)20(17)26-19/h5-21H,1-4H3;5-17H,1-4H3;5-13H,1-4H3. The van der Waals surface area contributed by atoms with E-state index in [0.717, 1.165) is 16.4 Å². The van der Waals surface area contributed by atoms with Gasteiger partial charge >= 0.3 is 21.4 Å². The molecule has 0 bridgehead atoms. The molecule has 6 heterocycles. The third-order valence-corrected chi connectivity index (χ3v) is 24.9. The molecule has 0 N–H and O–H groups in total. The molecule has 474 valence electrons. The van der Waals surface area contributed by atoms with Crippen LogP contribution in [0.3, 0.4) is 0 Å². The maximum atomic E-state index is 6.45. The second kappa shape index (κ2) is 23.4. The van der Waals surface area contributed by atoms with Gasteiger partial charge in [-0.05, 0) is 189 Å². The lowest BCUT2D eigenvalue weighted by Crippen LogP contribution is -2.41. The fourth-order valence-electron chi connectivity index (χ4n) is 13.9. The van der Waals surface area contributed by atoms with Crippen LogP contribution in [0.5, 0.6) is 0 Å². The van der Waals surface area contributed by atoms with Crippen molar-refractivity contribution >= 4 is 165 Å². The van der Waals surface area contributed by atoms with Gasteiger partial charge in [-0.25, -0.2) is 0 Å². The molecular weight excluding hydrogens is 1230 g/mol. The Labute approximate surface area is 575 Å². The Morgan fingerprint density at radius 1 is 0.250 bits per heavy atom. The van der Waals surface area contributed by atoms with Crippen molar-refractivity contribution in [3.8, 4) is 33.4 Å². The maximum absolute atomic E-state index is 6.45. The molecule has 12 heteroatoms. The van der Waals surface area contributed by atoms with Crippen molar-refractivity contribution < 1.29 is 27.9 Å². The van der Waals surface area contributed by atoms with Gasteiger partial charge in [0.1, 0.15) is 0 Å². The van der Waals surface area contributed by atoms with Crippen molar-refractivity contribution in [3.63, 3.8) is 0 Å². The van der Waals surface area contributed by atoms with E-state index >= 15 is 0 Å². The molecule has 0 saturated carbocycles. The Hall–Kier alpha value is -7.97. The van der Waals surface area contributed by atoms with Crippen molar-refractivity contribution in [3.05, 3.63) is 237 Å². The van der Waals surface area contributed by atoms with E-state index in [2.05, 4.69) is 320 Å². The zero-order chi connectivity index (χ0) is 66.3. The van der Waals surface area contributed by atoms with Gasteiger partial charge in [0.25, 0.3) is 0 Å². The minimum absolute atomic E-state index is 0.320. The van der Waals surface area contributed by atoms with Gasteiger partial charge in [-0.15, -0.1) is 34.0 Å². The summed E-state index contributed by atoms with van der Waals surface area (Å²) >= 11 is 5.59. The van der Waals surface area contributed by atoms with Crippen LogP contribution in [0, 0.1) is 0 Å². The first-order chi connectivity index (χ1) is 46.0. The summed E-state index contributed by atoms with van der Waals surface area (Å²) in [5.74, 6) is 0. The first kappa shape index (κ1) is 62.8. The molecule has 12 aromatic carbocycles. The lowest BCUT2D eigenvalue weighted by atomic mass is 9.78. The van der Waals surface area contributed by atoms with Crippen molar-refractivity contribution in [2.75, 3.05) is 0 Å². The predicted octanol–water partition coefficient (Wildman–Crippen LogP) is 21.5. The average molecular weight is 1310 g/mol. The molecule has 0 radical (unpaired) electrons. The molecule has 3 saturated heterocycles. The number of thiophene rings is 3. The number of fused-ring (bicyclic) bond motifs is 15. The van der Waals surface area contributed by atoms with Gasteiger partial charge in [0, 0.05) is 60.5 Å². The van der Waals surface area contributed by atoms with Crippen molar-refractivity contribution in [1.29, 1.82) is 0 Å². The summed E-state index contributed by atoms with van der Waals surface area (Å²) in [5, 5.41) is 15.5. The summed E-state index contributed by atoms with van der Waals surface area (Å²) in [7, 11) is -1.07. The fourth-order valence-corrected chi connectivity index (χ4v) is 17.5. The molecule has 3 aromatic heterocycles. The quantitative estimate of drug-likeness (QED) is 0.155. The monoisotopic (exact) mass is 1310 g/mol. The molecule has 0 amide bonds. The molecule has 3 aliphatic rings. The van der Waals surface area contributed by atoms with E-state index in [1.54, 1.807) is 0 Å². The minimum atomic E-state index is -0.395. The molecule has 96 heavy (non-hydrogen) atoms. The van der Waals surface area contributed by atoms with Gasteiger partial charge in [-0.2, -0.15) is 0 Å². The highest BCUT2D eigenvalue weighted by molar-refractivity contribution is 7.27. The number of benzene rings is 12. The second-order valence-corrected chi connectivity index (χ2v) is 32.1. The first-order valence-corrected chi connectivity index (χ1v) is 35.8. The summed E-state index contributed by atoms with van der Waals surface area (Å²) in [6.45, 7) is 25.2. The van der Waals surface area contributed by atoms with Crippen molar-refractivity contribution in [1.82, 2.24) is 0 Å². The zero-order valence-electron chi connectivity index (χ0n) is 56.4. The molecule has 3 fully saturated rings. The molecule has 3 aliphatic heterocycles. The van der Waals surface area contributed by atoms with Crippen LogP contribution < -0.4 is 16.4 Å². The molecule has 0 spiro atoms. The average Bonchev–Trinajstić information content (AvgIpc) is 1.48.